The second kappa shape index (κ2) is 3.81. The van der Waals surface area contributed by atoms with E-state index in [0.717, 1.165) is 0 Å². The fourth-order valence-corrected chi connectivity index (χ4v) is 12.1. The van der Waals surface area contributed by atoms with E-state index in [1.165, 1.54) is 0 Å². The Balaban J connectivity index is 3.46. The van der Waals surface area contributed by atoms with Crippen molar-refractivity contribution in [1.82, 2.24) is 0 Å². The number of rotatable bonds is 2. The van der Waals surface area contributed by atoms with E-state index in [4.69, 9.17) is 0 Å². The van der Waals surface area contributed by atoms with Gasteiger partial charge in [0.1, 0.15) is 0 Å². The van der Waals surface area contributed by atoms with Gasteiger partial charge in [0.2, 0.25) is 0 Å². The average Bonchev–Trinajstić information content (AvgIpc) is 1.64. The van der Waals surface area contributed by atoms with Gasteiger partial charge < -0.3 is 0 Å². The number of hydrogen-bond acceptors (Lipinski definition) is 0. The minimum atomic E-state index is 0.0983. The van der Waals surface area contributed by atoms with Crippen molar-refractivity contribution in [1.29, 1.82) is 0 Å². The molecule has 0 aromatic rings. The molecular weight excluding hydrogens is 147 g/mol. The van der Waals surface area contributed by atoms with E-state index in [1.807, 2.05) is 0 Å². The van der Waals surface area contributed by atoms with Gasteiger partial charge in [-0.25, -0.2) is 0 Å². The summed E-state index contributed by atoms with van der Waals surface area (Å²) in [6, 6.07) is 0. The first-order valence-corrected chi connectivity index (χ1v) is 11.4. The number of hydrogen-bond donors (Lipinski definition) is 0. The molecule has 0 saturated heterocycles. The van der Waals surface area contributed by atoms with Gasteiger partial charge in [-0.2, -0.15) is 0 Å². The summed E-state index contributed by atoms with van der Waals surface area (Å²) in [6.45, 7) is 12.2. The highest BCUT2D eigenvalue weighted by atomic mass is 31.6. The highest BCUT2D eigenvalue weighted by Gasteiger charge is 2.11. The molecule has 0 spiro atoms. The van der Waals surface area contributed by atoms with Gasteiger partial charge in [-0.15, -0.1) is 7.02 Å². The third kappa shape index (κ3) is 3.00. The summed E-state index contributed by atoms with van der Waals surface area (Å²) in [4.78, 5) is 0. The maximum atomic E-state index is 2.47. The van der Waals surface area contributed by atoms with Gasteiger partial charge in [0.05, 0.1) is 16.9 Å². The highest BCUT2D eigenvalue weighted by Crippen LogP contribution is 2.36. The van der Waals surface area contributed by atoms with Gasteiger partial charge in [0.25, 0.3) is 0 Å². The van der Waals surface area contributed by atoms with Crippen LogP contribution in [0.1, 0.15) is 0 Å². The van der Waals surface area contributed by atoms with E-state index < -0.39 is 0 Å². The van der Waals surface area contributed by atoms with E-state index >= 15 is 0 Å². The second-order valence-corrected chi connectivity index (χ2v) is 18.1. The molecule has 0 aliphatic rings. The minimum Gasteiger partial charge on any atom is -0.136 e. The van der Waals surface area contributed by atoms with Crippen LogP contribution in [-0.2, 0) is 0 Å². The third-order valence-electron chi connectivity index (χ3n) is 1.34. The fourth-order valence-electron chi connectivity index (χ4n) is 0.447. The Bertz CT molecular complexity index is 55.4. The molecule has 0 aliphatic heterocycles. The van der Waals surface area contributed by atoms with Gasteiger partial charge in [-0.05, 0) is 0 Å². The van der Waals surface area contributed by atoms with Crippen LogP contribution in [0.3, 0.4) is 0 Å². The Morgan fingerprint density at radius 1 is 0.875 bits per heavy atom. The zero-order chi connectivity index (χ0) is 6.73. The lowest BCUT2D eigenvalue weighted by atomic mass is 11.9. The van der Waals surface area contributed by atoms with Crippen LogP contribution in [0.4, 0.5) is 0 Å². The van der Waals surface area contributed by atoms with Crippen LogP contribution in [0.2, 0.25) is 26.2 Å². The van der Waals surface area contributed by atoms with Crippen LogP contribution in [0.15, 0.2) is 0 Å². The third-order valence-corrected chi connectivity index (χ3v) is 20.1. The molecule has 0 N–H and O–H groups in total. The van der Waals surface area contributed by atoms with Crippen molar-refractivity contribution in [2.24, 2.45) is 0 Å². The summed E-state index contributed by atoms with van der Waals surface area (Å²) in [5.74, 6) is 0. The Morgan fingerprint density at radius 3 is 1.12 bits per heavy atom. The molecule has 0 aromatic heterocycles. The van der Waals surface area contributed by atoms with Crippen LogP contribution in [0, 0.1) is 0 Å². The van der Waals surface area contributed by atoms with E-state index in [2.05, 4.69) is 32.9 Å². The average molecular weight is 162 g/mol. The molecule has 0 nitrogen and oxygen atoms in total. The lowest BCUT2D eigenvalue weighted by Crippen LogP contribution is -2.08. The summed E-state index contributed by atoms with van der Waals surface area (Å²) >= 11 is 0. The van der Waals surface area contributed by atoms with Gasteiger partial charge in [0.15, 0.2) is 0 Å². The molecule has 0 saturated carbocycles. The van der Waals surface area contributed by atoms with E-state index in [0.29, 0.717) is 7.02 Å². The zero-order valence-corrected chi connectivity index (χ0v) is 9.34. The Labute approximate surface area is 57.4 Å². The van der Waals surface area contributed by atoms with Crippen LogP contribution < -0.4 is 0 Å². The molecule has 0 heterocycles. The molecule has 0 bridgehead atoms. The first kappa shape index (κ1) is 8.86. The van der Waals surface area contributed by atoms with Crippen molar-refractivity contribution < 1.29 is 0 Å². The Morgan fingerprint density at radius 2 is 1.12 bits per heavy atom. The molecule has 0 rings (SSSR count). The summed E-state index contributed by atoms with van der Waals surface area (Å²) in [5, 5.41) is 0. The maximum absolute atomic E-state index is 2.47. The molecule has 0 unspecified atom stereocenters. The minimum absolute atomic E-state index is 0.0983. The monoisotopic (exact) mass is 162 g/mol. The van der Waals surface area contributed by atoms with Crippen LogP contribution in [0.25, 0.3) is 0 Å². The van der Waals surface area contributed by atoms with Crippen molar-refractivity contribution in [3.05, 3.63) is 0 Å². The van der Waals surface area contributed by atoms with E-state index in [9.17, 15) is 0 Å². The lowest BCUT2D eigenvalue weighted by Gasteiger charge is -2.17. The maximum Gasteiger partial charge on any atom is 0.0682 e. The molecule has 0 fully saturated rings. The van der Waals surface area contributed by atoms with Crippen molar-refractivity contribution in [2.45, 2.75) is 26.2 Å². The second-order valence-electron chi connectivity index (χ2n) is 2.45. The predicted molar refractivity (Wildman–Crippen MR) is 47.8 cm³/mol. The lowest BCUT2D eigenvalue weighted by molar-refractivity contribution is 2.05. The largest absolute Gasteiger partial charge is 0.136 e. The van der Waals surface area contributed by atoms with Gasteiger partial charge in [-0.1, -0.05) is 32.9 Å². The first-order valence-electron chi connectivity index (χ1n) is 2.89. The molecule has 2 radical (unpaired) electrons. The standard InChI is InChI=1S/C5H15PSi2/c1-6(7(2)3)8(4)5/h1-5H3. The molecule has 0 aliphatic carbocycles. The Hall–Kier alpha value is 0.864. The highest BCUT2D eigenvalue weighted by molar-refractivity contribution is 8.11. The zero-order valence-electron chi connectivity index (χ0n) is 6.45. The summed E-state index contributed by atoms with van der Waals surface area (Å²) < 4.78 is 0. The van der Waals surface area contributed by atoms with Crippen molar-refractivity contribution >= 4 is 23.9 Å². The Kier molecular flexibility index (Phi) is 4.22. The van der Waals surface area contributed by atoms with Gasteiger partial charge in [0, 0.05) is 0 Å². The molecule has 3 heteroatoms. The van der Waals surface area contributed by atoms with Crippen LogP contribution in [-0.4, -0.2) is 23.6 Å². The molecular formula is C5H15PSi2. The molecule has 48 valence electrons. The smallest absolute Gasteiger partial charge is 0.0682 e. The first-order chi connectivity index (χ1) is 3.55. The van der Waals surface area contributed by atoms with Crippen molar-refractivity contribution in [3.8, 4) is 0 Å². The summed E-state index contributed by atoms with van der Waals surface area (Å²) in [5.41, 5.74) is 0. The van der Waals surface area contributed by atoms with Crippen LogP contribution >= 0.6 is 7.02 Å². The normalized spacial score (nSPS) is 12.0. The predicted octanol–water partition coefficient (Wildman–Crippen LogP) is 2.60. The van der Waals surface area contributed by atoms with Gasteiger partial charge in [-0.3, -0.25) is 0 Å². The summed E-state index contributed by atoms with van der Waals surface area (Å²) in [6.07, 6.45) is 0. The van der Waals surface area contributed by atoms with Crippen molar-refractivity contribution in [2.75, 3.05) is 6.66 Å². The quantitative estimate of drug-likeness (QED) is 0.432. The molecule has 0 aromatic carbocycles. The van der Waals surface area contributed by atoms with E-state index in [-0.39, 0.29) is 16.9 Å². The molecule has 0 amide bonds. The van der Waals surface area contributed by atoms with Crippen LogP contribution in [0.5, 0.6) is 0 Å². The summed E-state index contributed by atoms with van der Waals surface area (Å²) in [7, 11) is 0.702. The SMILES string of the molecule is C[Si](C)P(C)[Si](C)C. The molecule has 8 heavy (non-hydrogen) atoms. The van der Waals surface area contributed by atoms with Crippen molar-refractivity contribution in [3.63, 3.8) is 0 Å². The topological polar surface area (TPSA) is 0 Å². The van der Waals surface area contributed by atoms with Gasteiger partial charge >= 0.3 is 0 Å². The molecule has 0 atom stereocenters. The fraction of sp³-hybridized carbons (Fsp3) is 1.00. The van der Waals surface area contributed by atoms with E-state index in [1.54, 1.807) is 0 Å².